The van der Waals surface area contributed by atoms with Crippen LogP contribution in [0.25, 0.3) is 22.3 Å². The van der Waals surface area contributed by atoms with Gasteiger partial charge in [-0.3, -0.25) is 4.79 Å². The number of nitrogens with zero attached hydrogens (tertiary/aromatic N) is 5. The predicted molar refractivity (Wildman–Crippen MR) is 143 cm³/mol. The normalized spacial score (nSPS) is 16.3. The van der Waals surface area contributed by atoms with Crippen LogP contribution in [0.15, 0.2) is 30.6 Å². The Bertz CT molecular complexity index is 1280. The molecule has 1 aromatic carbocycles. The number of likely N-dealkylation sites (tertiary alicyclic amines) is 1. The van der Waals surface area contributed by atoms with Crippen LogP contribution in [-0.2, 0) is 4.74 Å². The van der Waals surface area contributed by atoms with E-state index in [9.17, 15) is 9.59 Å². The standard InChI is InChI=1S/C27H37N7O3/c1-6-19(7-2)31-25(35)18-11-8-10-17(14-18)22-21-23(28)29-16-30-24(21)34(32-22)20-12-9-13-33(15-20)26(36)37-27(3,4)5/h8,10-11,14,16,19-20H,6-7,9,12-13,15H2,1-5H3,(H,31,35)(H2,28,29,30)/t20-/m1/s1. The van der Waals surface area contributed by atoms with Gasteiger partial charge in [0.1, 0.15) is 23.4 Å². The Morgan fingerprint density at radius 3 is 2.68 bits per heavy atom. The van der Waals surface area contributed by atoms with Gasteiger partial charge in [-0.05, 0) is 58.6 Å². The summed E-state index contributed by atoms with van der Waals surface area (Å²) < 4.78 is 7.44. The predicted octanol–water partition coefficient (Wildman–Crippen LogP) is 4.57. The summed E-state index contributed by atoms with van der Waals surface area (Å²) >= 11 is 0. The van der Waals surface area contributed by atoms with Crippen molar-refractivity contribution in [3.05, 3.63) is 36.2 Å². The van der Waals surface area contributed by atoms with Crippen molar-refractivity contribution in [2.45, 2.75) is 78.0 Å². The first-order valence-electron chi connectivity index (χ1n) is 13.0. The number of hydrogen-bond acceptors (Lipinski definition) is 7. The first kappa shape index (κ1) is 26.4. The highest BCUT2D eigenvalue weighted by molar-refractivity contribution is 6.00. The molecule has 10 heteroatoms. The van der Waals surface area contributed by atoms with Gasteiger partial charge in [0.05, 0.1) is 11.4 Å². The number of aromatic nitrogens is 4. The van der Waals surface area contributed by atoms with Gasteiger partial charge in [0.15, 0.2) is 5.65 Å². The van der Waals surface area contributed by atoms with Gasteiger partial charge in [0.25, 0.3) is 5.91 Å². The number of nitrogen functional groups attached to an aromatic ring is 1. The van der Waals surface area contributed by atoms with Crippen molar-refractivity contribution < 1.29 is 14.3 Å². The lowest BCUT2D eigenvalue weighted by Gasteiger charge is -2.34. The number of anilines is 1. The van der Waals surface area contributed by atoms with Crippen LogP contribution >= 0.6 is 0 Å². The molecule has 0 radical (unpaired) electrons. The average Bonchev–Trinajstić information content (AvgIpc) is 3.27. The number of fused-ring (bicyclic) bond motifs is 1. The van der Waals surface area contributed by atoms with Crippen molar-refractivity contribution in [1.29, 1.82) is 0 Å². The molecular weight excluding hydrogens is 470 g/mol. The number of hydrogen-bond donors (Lipinski definition) is 2. The fourth-order valence-electron chi connectivity index (χ4n) is 4.67. The molecule has 2 amide bonds. The fourth-order valence-corrected chi connectivity index (χ4v) is 4.67. The molecule has 0 bridgehead atoms. The SMILES string of the molecule is CCC(CC)NC(=O)c1cccc(-c2nn([C@@H]3CCCN(C(=O)OC(C)(C)C)C3)c3ncnc(N)c23)c1. The molecule has 4 rings (SSSR count). The molecule has 1 aliphatic heterocycles. The van der Waals surface area contributed by atoms with Gasteiger partial charge in [-0.1, -0.05) is 26.0 Å². The van der Waals surface area contributed by atoms with Crippen LogP contribution in [0.3, 0.4) is 0 Å². The largest absolute Gasteiger partial charge is 0.444 e. The lowest BCUT2D eigenvalue weighted by atomic mass is 10.0. The molecular formula is C27H37N7O3. The third kappa shape index (κ3) is 5.84. The van der Waals surface area contributed by atoms with Crippen LogP contribution in [0, 0.1) is 0 Å². The van der Waals surface area contributed by atoms with Gasteiger partial charge in [-0.25, -0.2) is 19.4 Å². The Kier molecular flexibility index (Phi) is 7.65. The number of nitrogens with two attached hydrogens (primary N) is 1. The first-order chi connectivity index (χ1) is 17.6. The molecule has 1 saturated heterocycles. The van der Waals surface area contributed by atoms with E-state index in [1.807, 2.05) is 43.7 Å². The molecule has 10 nitrogen and oxygen atoms in total. The van der Waals surface area contributed by atoms with E-state index in [0.717, 1.165) is 31.2 Å². The monoisotopic (exact) mass is 507 g/mol. The van der Waals surface area contributed by atoms with Crippen molar-refractivity contribution in [1.82, 2.24) is 30.0 Å². The van der Waals surface area contributed by atoms with E-state index in [4.69, 9.17) is 15.6 Å². The Hall–Kier alpha value is -3.69. The summed E-state index contributed by atoms with van der Waals surface area (Å²) in [5.74, 6) is 0.196. The highest BCUT2D eigenvalue weighted by atomic mass is 16.6. The van der Waals surface area contributed by atoms with E-state index < -0.39 is 5.60 Å². The fraction of sp³-hybridized carbons (Fsp3) is 0.519. The summed E-state index contributed by atoms with van der Waals surface area (Å²) in [7, 11) is 0. The number of rotatable bonds is 6. The maximum Gasteiger partial charge on any atom is 0.410 e. The van der Waals surface area contributed by atoms with Crippen molar-refractivity contribution >= 4 is 28.9 Å². The second kappa shape index (κ2) is 10.7. The first-order valence-corrected chi connectivity index (χ1v) is 13.0. The van der Waals surface area contributed by atoms with Gasteiger partial charge < -0.3 is 20.7 Å². The quantitative estimate of drug-likeness (QED) is 0.500. The van der Waals surface area contributed by atoms with E-state index in [0.29, 0.717) is 41.2 Å². The van der Waals surface area contributed by atoms with Gasteiger partial charge in [0.2, 0.25) is 0 Å². The molecule has 0 spiro atoms. The van der Waals surface area contributed by atoms with E-state index >= 15 is 0 Å². The molecule has 3 aromatic rings. The molecule has 0 aliphatic carbocycles. The second-order valence-electron chi connectivity index (χ2n) is 10.5. The van der Waals surface area contributed by atoms with E-state index in [1.165, 1.54) is 6.33 Å². The Morgan fingerprint density at radius 2 is 1.97 bits per heavy atom. The van der Waals surface area contributed by atoms with Crippen LogP contribution in [0.2, 0.25) is 0 Å². The number of benzene rings is 1. The third-order valence-electron chi connectivity index (χ3n) is 6.63. The Morgan fingerprint density at radius 1 is 1.22 bits per heavy atom. The summed E-state index contributed by atoms with van der Waals surface area (Å²) in [5.41, 5.74) is 8.26. The highest BCUT2D eigenvalue weighted by Crippen LogP contribution is 2.34. The van der Waals surface area contributed by atoms with Gasteiger partial charge in [0, 0.05) is 30.3 Å². The van der Waals surface area contributed by atoms with Crippen LogP contribution in [-0.4, -0.2) is 61.4 Å². The van der Waals surface area contributed by atoms with Crippen LogP contribution in [0.4, 0.5) is 10.6 Å². The van der Waals surface area contributed by atoms with Crippen LogP contribution in [0.1, 0.15) is 76.7 Å². The number of nitrogens with one attached hydrogen (secondary N) is 1. The molecule has 0 unspecified atom stereocenters. The zero-order valence-electron chi connectivity index (χ0n) is 22.3. The topological polar surface area (TPSA) is 128 Å². The summed E-state index contributed by atoms with van der Waals surface area (Å²) in [6, 6.07) is 7.38. The second-order valence-corrected chi connectivity index (χ2v) is 10.5. The van der Waals surface area contributed by atoms with Gasteiger partial charge in [-0.2, -0.15) is 5.10 Å². The smallest absolute Gasteiger partial charge is 0.410 e. The van der Waals surface area contributed by atoms with Crippen LogP contribution in [0.5, 0.6) is 0 Å². The number of piperidine rings is 1. The Labute approximate surface area is 217 Å². The minimum absolute atomic E-state index is 0.104. The van der Waals surface area contributed by atoms with Crippen molar-refractivity contribution in [3.8, 4) is 11.3 Å². The summed E-state index contributed by atoms with van der Waals surface area (Å²) in [5, 5.41) is 8.65. The average molecular weight is 508 g/mol. The maximum atomic E-state index is 12.9. The van der Waals surface area contributed by atoms with Crippen LogP contribution < -0.4 is 11.1 Å². The molecule has 1 fully saturated rings. The number of amides is 2. The van der Waals surface area contributed by atoms with E-state index in [2.05, 4.69) is 29.1 Å². The van der Waals surface area contributed by atoms with Crippen molar-refractivity contribution in [2.75, 3.05) is 18.8 Å². The Balaban J connectivity index is 1.69. The van der Waals surface area contributed by atoms with Gasteiger partial charge in [-0.15, -0.1) is 0 Å². The van der Waals surface area contributed by atoms with Gasteiger partial charge >= 0.3 is 6.09 Å². The van der Waals surface area contributed by atoms with E-state index in [-0.39, 0.29) is 24.1 Å². The molecule has 3 N–H and O–H groups in total. The lowest BCUT2D eigenvalue weighted by molar-refractivity contribution is 0.0169. The summed E-state index contributed by atoms with van der Waals surface area (Å²) in [6.07, 6.45) is 4.47. The number of carbonyl (C=O) groups excluding carboxylic acids is 2. The maximum absolute atomic E-state index is 12.9. The minimum atomic E-state index is -0.567. The molecule has 3 heterocycles. The number of carbonyl (C=O) groups is 2. The molecule has 1 atom stereocenters. The number of ether oxygens (including phenoxy) is 1. The molecule has 198 valence electrons. The zero-order valence-corrected chi connectivity index (χ0v) is 22.3. The van der Waals surface area contributed by atoms with E-state index in [1.54, 1.807) is 11.0 Å². The van der Waals surface area contributed by atoms with Crippen molar-refractivity contribution in [3.63, 3.8) is 0 Å². The summed E-state index contributed by atoms with van der Waals surface area (Å²) in [6.45, 7) is 10.8. The molecule has 2 aromatic heterocycles. The third-order valence-corrected chi connectivity index (χ3v) is 6.63. The molecule has 0 saturated carbocycles. The molecule has 1 aliphatic rings. The molecule has 37 heavy (non-hydrogen) atoms. The minimum Gasteiger partial charge on any atom is -0.444 e. The highest BCUT2D eigenvalue weighted by Gasteiger charge is 2.31. The summed E-state index contributed by atoms with van der Waals surface area (Å²) in [4.78, 5) is 36.1. The van der Waals surface area contributed by atoms with Crippen molar-refractivity contribution in [2.24, 2.45) is 0 Å². The lowest BCUT2D eigenvalue weighted by Crippen LogP contribution is -2.43. The zero-order chi connectivity index (χ0) is 26.7.